The first-order valence-electron chi connectivity index (χ1n) is 4.78. The molecule has 0 aliphatic carbocycles. The fourth-order valence-electron chi connectivity index (χ4n) is 1.27. The van der Waals surface area contributed by atoms with E-state index in [0.29, 0.717) is 22.0 Å². The summed E-state index contributed by atoms with van der Waals surface area (Å²) in [7, 11) is 0. The van der Waals surface area contributed by atoms with E-state index in [1.165, 1.54) is 6.07 Å². The van der Waals surface area contributed by atoms with Crippen LogP contribution >= 0.6 is 11.6 Å². The van der Waals surface area contributed by atoms with Crippen molar-refractivity contribution in [1.29, 1.82) is 5.26 Å². The Kier molecular flexibility index (Phi) is 3.12. The number of nitrogen functional groups attached to an aromatic ring is 1. The van der Waals surface area contributed by atoms with Gasteiger partial charge in [0.25, 0.3) is 0 Å². The van der Waals surface area contributed by atoms with Crippen LogP contribution in [0.5, 0.6) is 11.6 Å². The summed E-state index contributed by atoms with van der Waals surface area (Å²) in [6.07, 6.45) is 1.56. The average Bonchev–Trinajstić information content (AvgIpc) is 2.34. The average molecular weight is 246 g/mol. The van der Waals surface area contributed by atoms with E-state index in [4.69, 9.17) is 27.3 Å². The van der Waals surface area contributed by atoms with Crippen LogP contribution in [-0.2, 0) is 0 Å². The summed E-state index contributed by atoms with van der Waals surface area (Å²) < 4.78 is 5.47. The number of pyridine rings is 1. The number of anilines is 1. The number of hydrogen-bond donors (Lipinski definition) is 1. The Morgan fingerprint density at radius 3 is 2.88 bits per heavy atom. The molecule has 5 heteroatoms. The van der Waals surface area contributed by atoms with E-state index in [0.717, 1.165) is 0 Å². The van der Waals surface area contributed by atoms with Crippen LogP contribution in [-0.4, -0.2) is 4.98 Å². The van der Waals surface area contributed by atoms with Gasteiger partial charge in [-0.1, -0.05) is 11.6 Å². The molecule has 4 nitrogen and oxygen atoms in total. The van der Waals surface area contributed by atoms with Crippen molar-refractivity contribution in [2.75, 3.05) is 5.73 Å². The normalized spacial score (nSPS) is 9.65. The summed E-state index contributed by atoms with van der Waals surface area (Å²) in [6, 6.07) is 10.1. The molecule has 1 heterocycles. The minimum atomic E-state index is 0.260. The third-order valence-electron chi connectivity index (χ3n) is 2.06. The number of nitrogens with zero attached hydrogens (tertiary/aromatic N) is 2. The summed E-state index contributed by atoms with van der Waals surface area (Å²) in [5.74, 6) is 0.637. The molecule has 1 aromatic carbocycles. The van der Waals surface area contributed by atoms with Gasteiger partial charge in [-0.2, -0.15) is 5.26 Å². The minimum absolute atomic E-state index is 0.260. The summed E-state index contributed by atoms with van der Waals surface area (Å²) in [5, 5.41) is 9.33. The second-order valence-electron chi connectivity index (χ2n) is 3.26. The minimum Gasteiger partial charge on any atom is -0.436 e. The number of aromatic nitrogens is 1. The van der Waals surface area contributed by atoms with Crippen LogP contribution in [0.4, 0.5) is 5.69 Å². The summed E-state index contributed by atoms with van der Waals surface area (Å²) in [5.41, 5.74) is 6.42. The summed E-state index contributed by atoms with van der Waals surface area (Å²) in [6.45, 7) is 0. The molecule has 0 saturated heterocycles. The van der Waals surface area contributed by atoms with Crippen LogP contribution in [0, 0.1) is 11.3 Å². The molecule has 2 rings (SSSR count). The van der Waals surface area contributed by atoms with Crippen molar-refractivity contribution in [1.82, 2.24) is 4.98 Å². The molecule has 1 aromatic heterocycles. The number of benzene rings is 1. The largest absolute Gasteiger partial charge is 0.436 e. The van der Waals surface area contributed by atoms with Gasteiger partial charge in [0.2, 0.25) is 5.88 Å². The Morgan fingerprint density at radius 2 is 2.18 bits per heavy atom. The van der Waals surface area contributed by atoms with E-state index in [-0.39, 0.29) is 5.88 Å². The zero-order valence-corrected chi connectivity index (χ0v) is 9.48. The van der Waals surface area contributed by atoms with Gasteiger partial charge in [-0.3, -0.25) is 0 Å². The fourth-order valence-corrected chi connectivity index (χ4v) is 1.43. The predicted molar refractivity (Wildman–Crippen MR) is 64.9 cm³/mol. The Hall–Kier alpha value is -2.25. The van der Waals surface area contributed by atoms with Gasteiger partial charge < -0.3 is 10.5 Å². The first-order valence-corrected chi connectivity index (χ1v) is 5.16. The molecule has 0 aliphatic heterocycles. The topological polar surface area (TPSA) is 71.9 Å². The van der Waals surface area contributed by atoms with Crippen molar-refractivity contribution in [3.05, 3.63) is 47.1 Å². The SMILES string of the molecule is N#Cc1cc(N)ccc1Oc1ncccc1Cl. The van der Waals surface area contributed by atoms with Crippen LogP contribution in [0.3, 0.4) is 0 Å². The standard InChI is InChI=1S/C12H8ClN3O/c13-10-2-1-5-16-12(10)17-11-4-3-9(15)6-8(11)7-14/h1-6H,15H2. The molecule has 0 fully saturated rings. The molecule has 0 atom stereocenters. The quantitative estimate of drug-likeness (QED) is 0.826. The Morgan fingerprint density at radius 1 is 1.35 bits per heavy atom. The zero-order chi connectivity index (χ0) is 12.3. The maximum atomic E-state index is 8.95. The molecule has 0 radical (unpaired) electrons. The predicted octanol–water partition coefficient (Wildman–Crippen LogP) is 2.98. The maximum absolute atomic E-state index is 8.95. The van der Waals surface area contributed by atoms with Gasteiger partial charge in [0.15, 0.2) is 0 Å². The molecular formula is C12H8ClN3O. The number of nitriles is 1. The van der Waals surface area contributed by atoms with Crippen LogP contribution < -0.4 is 10.5 Å². The fraction of sp³-hybridized carbons (Fsp3) is 0. The molecule has 2 aromatic rings. The molecule has 0 saturated carbocycles. The lowest BCUT2D eigenvalue weighted by Crippen LogP contribution is -1.93. The van der Waals surface area contributed by atoms with Crippen LogP contribution in [0.25, 0.3) is 0 Å². The number of rotatable bonds is 2. The van der Waals surface area contributed by atoms with Crippen molar-refractivity contribution >= 4 is 17.3 Å². The molecule has 0 aliphatic rings. The third kappa shape index (κ3) is 2.47. The van der Waals surface area contributed by atoms with Gasteiger partial charge in [-0.05, 0) is 30.3 Å². The number of nitrogens with two attached hydrogens (primary N) is 1. The van der Waals surface area contributed by atoms with E-state index in [1.807, 2.05) is 6.07 Å². The van der Waals surface area contributed by atoms with Crippen molar-refractivity contribution < 1.29 is 4.74 Å². The first kappa shape index (κ1) is 11.2. The lowest BCUT2D eigenvalue weighted by molar-refractivity contribution is 0.462. The Bertz CT molecular complexity index is 593. The zero-order valence-electron chi connectivity index (χ0n) is 8.72. The van der Waals surface area contributed by atoms with Crippen molar-refractivity contribution in [2.24, 2.45) is 0 Å². The molecule has 17 heavy (non-hydrogen) atoms. The Labute approximate surface area is 103 Å². The van der Waals surface area contributed by atoms with Crippen LogP contribution in [0.2, 0.25) is 5.02 Å². The molecule has 0 bridgehead atoms. The monoisotopic (exact) mass is 245 g/mol. The third-order valence-corrected chi connectivity index (χ3v) is 2.34. The lowest BCUT2D eigenvalue weighted by atomic mass is 10.2. The first-order chi connectivity index (χ1) is 8.20. The number of ether oxygens (including phenoxy) is 1. The molecular weight excluding hydrogens is 238 g/mol. The second-order valence-corrected chi connectivity index (χ2v) is 3.67. The van der Waals surface area contributed by atoms with E-state index >= 15 is 0 Å². The van der Waals surface area contributed by atoms with Crippen LogP contribution in [0.1, 0.15) is 5.56 Å². The Balaban J connectivity index is 2.37. The second kappa shape index (κ2) is 4.73. The van der Waals surface area contributed by atoms with Crippen LogP contribution in [0.15, 0.2) is 36.5 Å². The van der Waals surface area contributed by atoms with Crippen molar-refractivity contribution in [3.63, 3.8) is 0 Å². The lowest BCUT2D eigenvalue weighted by Gasteiger charge is -2.07. The highest BCUT2D eigenvalue weighted by Crippen LogP contribution is 2.29. The highest BCUT2D eigenvalue weighted by Gasteiger charge is 2.08. The smallest absolute Gasteiger partial charge is 0.238 e. The van der Waals surface area contributed by atoms with Crippen molar-refractivity contribution in [2.45, 2.75) is 0 Å². The van der Waals surface area contributed by atoms with Crippen molar-refractivity contribution in [3.8, 4) is 17.7 Å². The van der Waals surface area contributed by atoms with Gasteiger partial charge in [0.1, 0.15) is 16.8 Å². The molecule has 0 amide bonds. The van der Waals surface area contributed by atoms with Gasteiger partial charge in [-0.15, -0.1) is 0 Å². The van der Waals surface area contributed by atoms with E-state index in [1.54, 1.807) is 30.5 Å². The van der Waals surface area contributed by atoms with Gasteiger partial charge >= 0.3 is 0 Å². The molecule has 0 spiro atoms. The molecule has 84 valence electrons. The molecule has 0 unspecified atom stereocenters. The van der Waals surface area contributed by atoms with E-state index < -0.39 is 0 Å². The highest BCUT2D eigenvalue weighted by atomic mass is 35.5. The number of halogens is 1. The maximum Gasteiger partial charge on any atom is 0.238 e. The van der Waals surface area contributed by atoms with E-state index in [9.17, 15) is 0 Å². The summed E-state index contributed by atoms with van der Waals surface area (Å²) >= 11 is 5.91. The highest BCUT2D eigenvalue weighted by molar-refractivity contribution is 6.31. The number of hydrogen-bond acceptors (Lipinski definition) is 4. The van der Waals surface area contributed by atoms with Gasteiger partial charge in [0.05, 0.1) is 5.56 Å². The van der Waals surface area contributed by atoms with Gasteiger partial charge in [0, 0.05) is 11.9 Å². The molecule has 2 N–H and O–H groups in total. The van der Waals surface area contributed by atoms with Gasteiger partial charge in [-0.25, -0.2) is 4.98 Å². The van der Waals surface area contributed by atoms with E-state index in [2.05, 4.69) is 4.98 Å². The summed E-state index contributed by atoms with van der Waals surface area (Å²) in [4.78, 5) is 3.98.